The second-order valence-corrected chi connectivity index (χ2v) is 3.80. The Balaban J connectivity index is 3.61. The molecule has 1 unspecified atom stereocenters. The predicted octanol–water partition coefficient (Wildman–Crippen LogP) is 2.98. The Kier molecular flexibility index (Phi) is 7.17. The van der Waals surface area contributed by atoms with Gasteiger partial charge in [-0.25, -0.2) is 0 Å². The minimum absolute atomic E-state index is 0.641. The molecule has 1 nitrogen and oxygen atoms in total. The molecule has 12 heavy (non-hydrogen) atoms. The molecule has 1 heteroatoms. The lowest BCUT2D eigenvalue weighted by atomic mass is 10.0. The molecule has 0 heterocycles. The van der Waals surface area contributed by atoms with Crippen molar-refractivity contribution < 1.29 is 0 Å². The first-order chi connectivity index (χ1) is 5.70. The summed E-state index contributed by atoms with van der Waals surface area (Å²) in [4.78, 5) is 0. The molecular formula is C11H23N. The summed E-state index contributed by atoms with van der Waals surface area (Å²) in [7, 11) is 0. The maximum absolute atomic E-state index is 3.78. The summed E-state index contributed by atoms with van der Waals surface area (Å²) in [5, 5.41) is 3.53. The molecule has 0 aliphatic heterocycles. The average molecular weight is 169 g/mol. The van der Waals surface area contributed by atoms with Gasteiger partial charge in [0.15, 0.2) is 0 Å². The molecule has 0 radical (unpaired) electrons. The molecule has 0 aromatic carbocycles. The highest BCUT2D eigenvalue weighted by atomic mass is 14.9. The summed E-state index contributed by atoms with van der Waals surface area (Å²) in [6, 6.07) is 0.641. The molecule has 0 aromatic heterocycles. The molecular weight excluding hydrogens is 146 g/mol. The summed E-state index contributed by atoms with van der Waals surface area (Å²) < 4.78 is 0. The number of nitrogens with one attached hydrogen (secondary N) is 1. The van der Waals surface area contributed by atoms with Crippen LogP contribution in [0.1, 0.15) is 40.0 Å². The van der Waals surface area contributed by atoms with Crippen LogP contribution in [-0.2, 0) is 0 Å². The van der Waals surface area contributed by atoms with Gasteiger partial charge in [0.05, 0.1) is 0 Å². The van der Waals surface area contributed by atoms with Crippen LogP contribution in [0.4, 0.5) is 0 Å². The molecule has 0 saturated heterocycles. The van der Waals surface area contributed by atoms with E-state index in [4.69, 9.17) is 0 Å². The molecule has 0 fully saturated rings. The standard InChI is InChI=1S/C11H23N/c1-5-7-11(9-10(3)4)12-8-6-2/h5,10-12H,1,6-9H2,2-4H3. The predicted molar refractivity (Wildman–Crippen MR) is 56.4 cm³/mol. The van der Waals surface area contributed by atoms with Gasteiger partial charge in [-0.05, 0) is 31.7 Å². The molecule has 0 bridgehead atoms. The van der Waals surface area contributed by atoms with Gasteiger partial charge in [-0.3, -0.25) is 0 Å². The van der Waals surface area contributed by atoms with Crippen LogP contribution in [0.5, 0.6) is 0 Å². The quantitative estimate of drug-likeness (QED) is 0.578. The summed E-state index contributed by atoms with van der Waals surface area (Å²) >= 11 is 0. The Hall–Kier alpha value is -0.300. The van der Waals surface area contributed by atoms with Crippen molar-refractivity contribution >= 4 is 0 Å². The molecule has 0 rings (SSSR count). The van der Waals surface area contributed by atoms with Gasteiger partial charge in [-0.1, -0.05) is 26.8 Å². The Morgan fingerprint density at radius 1 is 1.42 bits per heavy atom. The van der Waals surface area contributed by atoms with Crippen molar-refractivity contribution in [3.63, 3.8) is 0 Å². The second-order valence-electron chi connectivity index (χ2n) is 3.80. The average Bonchev–Trinajstić information content (AvgIpc) is 2.00. The summed E-state index contributed by atoms with van der Waals surface area (Å²) in [6.07, 6.45) is 5.58. The molecule has 0 saturated carbocycles. The van der Waals surface area contributed by atoms with Crippen molar-refractivity contribution in [2.75, 3.05) is 6.54 Å². The first-order valence-corrected chi connectivity index (χ1v) is 5.05. The van der Waals surface area contributed by atoms with E-state index in [9.17, 15) is 0 Å². The zero-order valence-corrected chi connectivity index (χ0v) is 8.77. The van der Waals surface area contributed by atoms with Gasteiger partial charge in [0.2, 0.25) is 0 Å². The van der Waals surface area contributed by atoms with Crippen molar-refractivity contribution in [1.82, 2.24) is 5.32 Å². The van der Waals surface area contributed by atoms with E-state index in [-0.39, 0.29) is 0 Å². The Bertz CT molecular complexity index is 108. The van der Waals surface area contributed by atoms with E-state index in [2.05, 4.69) is 32.7 Å². The largest absolute Gasteiger partial charge is 0.314 e. The third kappa shape index (κ3) is 6.41. The zero-order valence-electron chi connectivity index (χ0n) is 8.77. The number of hydrogen-bond acceptors (Lipinski definition) is 1. The third-order valence-electron chi connectivity index (χ3n) is 1.89. The Labute approximate surface area is 77.2 Å². The van der Waals surface area contributed by atoms with E-state index in [1.807, 2.05) is 6.08 Å². The topological polar surface area (TPSA) is 12.0 Å². The molecule has 1 atom stereocenters. The molecule has 72 valence electrons. The highest BCUT2D eigenvalue weighted by Crippen LogP contribution is 2.07. The van der Waals surface area contributed by atoms with Gasteiger partial charge in [-0.2, -0.15) is 0 Å². The van der Waals surface area contributed by atoms with Crippen molar-refractivity contribution in [3.8, 4) is 0 Å². The fourth-order valence-corrected chi connectivity index (χ4v) is 1.38. The fraction of sp³-hybridized carbons (Fsp3) is 0.818. The normalized spacial score (nSPS) is 13.3. The van der Waals surface area contributed by atoms with E-state index < -0.39 is 0 Å². The van der Waals surface area contributed by atoms with E-state index in [0.717, 1.165) is 18.9 Å². The summed E-state index contributed by atoms with van der Waals surface area (Å²) in [5.41, 5.74) is 0. The van der Waals surface area contributed by atoms with Crippen LogP contribution in [0.2, 0.25) is 0 Å². The highest BCUT2D eigenvalue weighted by molar-refractivity contribution is 4.78. The molecule has 0 aromatic rings. The maximum atomic E-state index is 3.78. The van der Waals surface area contributed by atoms with Gasteiger partial charge >= 0.3 is 0 Å². The van der Waals surface area contributed by atoms with Crippen molar-refractivity contribution in [1.29, 1.82) is 0 Å². The monoisotopic (exact) mass is 169 g/mol. The molecule has 0 aliphatic carbocycles. The van der Waals surface area contributed by atoms with Gasteiger partial charge in [0.25, 0.3) is 0 Å². The Morgan fingerprint density at radius 3 is 2.50 bits per heavy atom. The summed E-state index contributed by atoms with van der Waals surface area (Å²) in [6.45, 7) is 11.6. The fourth-order valence-electron chi connectivity index (χ4n) is 1.38. The van der Waals surface area contributed by atoms with Gasteiger partial charge in [0.1, 0.15) is 0 Å². The van der Waals surface area contributed by atoms with Crippen LogP contribution < -0.4 is 5.32 Å². The zero-order chi connectivity index (χ0) is 9.40. The van der Waals surface area contributed by atoms with E-state index in [1.54, 1.807) is 0 Å². The lowest BCUT2D eigenvalue weighted by Gasteiger charge is -2.18. The van der Waals surface area contributed by atoms with Crippen molar-refractivity contribution in [2.45, 2.75) is 46.1 Å². The van der Waals surface area contributed by atoms with Crippen LogP contribution in [0.25, 0.3) is 0 Å². The third-order valence-corrected chi connectivity index (χ3v) is 1.89. The molecule has 0 aliphatic rings. The smallest absolute Gasteiger partial charge is 0.0104 e. The van der Waals surface area contributed by atoms with Gasteiger partial charge < -0.3 is 5.32 Å². The van der Waals surface area contributed by atoms with Crippen LogP contribution in [-0.4, -0.2) is 12.6 Å². The van der Waals surface area contributed by atoms with E-state index in [0.29, 0.717) is 6.04 Å². The van der Waals surface area contributed by atoms with E-state index >= 15 is 0 Å². The maximum Gasteiger partial charge on any atom is 0.0104 e. The van der Waals surface area contributed by atoms with Crippen LogP contribution in [0.3, 0.4) is 0 Å². The molecule has 1 N–H and O–H groups in total. The lowest BCUT2D eigenvalue weighted by molar-refractivity contribution is 0.421. The van der Waals surface area contributed by atoms with E-state index in [1.165, 1.54) is 12.8 Å². The van der Waals surface area contributed by atoms with Crippen LogP contribution in [0, 0.1) is 5.92 Å². The SMILES string of the molecule is C=CCC(CC(C)C)NCCC. The lowest BCUT2D eigenvalue weighted by Crippen LogP contribution is -2.30. The molecule has 0 spiro atoms. The first kappa shape index (κ1) is 11.7. The first-order valence-electron chi connectivity index (χ1n) is 5.05. The van der Waals surface area contributed by atoms with Gasteiger partial charge in [-0.15, -0.1) is 6.58 Å². The van der Waals surface area contributed by atoms with Crippen LogP contribution in [0.15, 0.2) is 12.7 Å². The highest BCUT2D eigenvalue weighted by Gasteiger charge is 2.06. The minimum Gasteiger partial charge on any atom is -0.314 e. The van der Waals surface area contributed by atoms with Crippen molar-refractivity contribution in [3.05, 3.63) is 12.7 Å². The number of rotatable bonds is 7. The van der Waals surface area contributed by atoms with Crippen LogP contribution >= 0.6 is 0 Å². The second kappa shape index (κ2) is 7.35. The summed E-state index contributed by atoms with van der Waals surface area (Å²) in [5.74, 6) is 0.777. The number of hydrogen-bond donors (Lipinski definition) is 1. The minimum atomic E-state index is 0.641. The molecule has 0 amide bonds. The van der Waals surface area contributed by atoms with Gasteiger partial charge in [0, 0.05) is 6.04 Å². The van der Waals surface area contributed by atoms with Crippen molar-refractivity contribution in [2.24, 2.45) is 5.92 Å². The Morgan fingerprint density at radius 2 is 2.08 bits per heavy atom.